The molecule has 2 aromatic rings. The number of benzene rings is 2. The summed E-state index contributed by atoms with van der Waals surface area (Å²) in [4.78, 5) is 11.8. The third-order valence-electron chi connectivity index (χ3n) is 3.93. The molecule has 4 heteroatoms. The van der Waals surface area contributed by atoms with Crippen LogP contribution in [0.5, 0.6) is 0 Å². The maximum atomic E-state index is 11.8. The fraction of sp³-hybridized carbons (Fsp3) is 0.316. The molecule has 0 aromatic heterocycles. The Labute approximate surface area is 136 Å². The van der Waals surface area contributed by atoms with Crippen LogP contribution in [-0.2, 0) is 14.2 Å². The Kier molecular flexibility index (Phi) is 4.74. The van der Waals surface area contributed by atoms with E-state index in [2.05, 4.69) is 0 Å². The summed E-state index contributed by atoms with van der Waals surface area (Å²) in [5, 5.41) is 0. The second-order valence-electron chi connectivity index (χ2n) is 5.59. The average Bonchev–Trinajstić information content (AvgIpc) is 3.43. The summed E-state index contributed by atoms with van der Waals surface area (Å²) in [6.07, 6.45) is 0.0698. The largest absolute Gasteiger partial charge is 0.465 e. The number of hydrogen-bond acceptors (Lipinski definition) is 4. The molecular weight excluding hydrogens is 292 g/mol. The standard InChI is InChI=1S/C19H20O4/c1-13(22-11-16-12-23-16)18-10-15(19(20)21-2)8-9-17(18)14-6-4-3-5-7-14/h3-10,13,16H,11-12H2,1-2H3/t13-,16+/m1/s1. The average molecular weight is 312 g/mol. The highest BCUT2D eigenvalue weighted by molar-refractivity contribution is 5.90. The molecule has 0 unspecified atom stereocenters. The second-order valence-corrected chi connectivity index (χ2v) is 5.59. The van der Waals surface area contributed by atoms with Crippen molar-refractivity contribution >= 4 is 5.97 Å². The predicted octanol–water partition coefficient (Wildman–Crippen LogP) is 3.62. The molecule has 2 aromatic carbocycles. The van der Waals surface area contributed by atoms with E-state index in [1.807, 2.05) is 49.4 Å². The second kappa shape index (κ2) is 6.94. The van der Waals surface area contributed by atoms with E-state index < -0.39 is 0 Å². The summed E-state index contributed by atoms with van der Waals surface area (Å²) in [7, 11) is 1.39. The first-order chi connectivity index (χ1) is 11.2. The lowest BCUT2D eigenvalue weighted by molar-refractivity contribution is 0.0538. The molecule has 0 N–H and O–H groups in total. The third kappa shape index (κ3) is 3.78. The van der Waals surface area contributed by atoms with Crippen LogP contribution in [0.4, 0.5) is 0 Å². The molecule has 0 saturated carbocycles. The van der Waals surface area contributed by atoms with Crippen LogP contribution in [0.15, 0.2) is 48.5 Å². The van der Waals surface area contributed by atoms with Crippen molar-refractivity contribution < 1.29 is 19.0 Å². The van der Waals surface area contributed by atoms with E-state index in [-0.39, 0.29) is 18.2 Å². The van der Waals surface area contributed by atoms with Crippen molar-refractivity contribution in [1.29, 1.82) is 0 Å². The zero-order chi connectivity index (χ0) is 16.2. The van der Waals surface area contributed by atoms with Crippen molar-refractivity contribution in [3.63, 3.8) is 0 Å². The molecule has 4 nitrogen and oxygen atoms in total. The van der Waals surface area contributed by atoms with Gasteiger partial charge in [-0.2, -0.15) is 0 Å². The molecule has 1 heterocycles. The summed E-state index contributed by atoms with van der Waals surface area (Å²) in [6.45, 7) is 3.32. The van der Waals surface area contributed by atoms with Gasteiger partial charge in [-0.05, 0) is 35.7 Å². The van der Waals surface area contributed by atoms with Crippen LogP contribution in [0, 0.1) is 0 Å². The molecule has 1 aliphatic heterocycles. The van der Waals surface area contributed by atoms with Gasteiger partial charge in [-0.3, -0.25) is 0 Å². The van der Waals surface area contributed by atoms with Crippen molar-refractivity contribution in [3.05, 3.63) is 59.7 Å². The van der Waals surface area contributed by atoms with E-state index in [1.165, 1.54) is 7.11 Å². The van der Waals surface area contributed by atoms with Gasteiger partial charge in [0.2, 0.25) is 0 Å². The first-order valence-corrected chi connectivity index (χ1v) is 7.70. The highest BCUT2D eigenvalue weighted by Gasteiger charge is 2.24. The minimum absolute atomic E-state index is 0.140. The minimum Gasteiger partial charge on any atom is -0.465 e. The molecule has 0 radical (unpaired) electrons. The number of carbonyl (C=O) groups excluding carboxylic acids is 1. The molecule has 0 bridgehead atoms. The number of carbonyl (C=O) groups is 1. The quantitative estimate of drug-likeness (QED) is 0.604. The Morgan fingerprint density at radius 2 is 2.00 bits per heavy atom. The van der Waals surface area contributed by atoms with Gasteiger partial charge < -0.3 is 14.2 Å². The predicted molar refractivity (Wildman–Crippen MR) is 87.3 cm³/mol. The van der Waals surface area contributed by atoms with E-state index in [0.717, 1.165) is 23.3 Å². The summed E-state index contributed by atoms with van der Waals surface area (Å²) in [5.41, 5.74) is 3.65. The number of hydrogen-bond donors (Lipinski definition) is 0. The summed E-state index contributed by atoms with van der Waals surface area (Å²) in [5.74, 6) is -0.344. The molecule has 1 fully saturated rings. The van der Waals surface area contributed by atoms with Crippen LogP contribution in [0.3, 0.4) is 0 Å². The number of epoxide rings is 1. The molecule has 3 rings (SSSR count). The fourth-order valence-corrected chi connectivity index (χ4v) is 2.53. The fourth-order valence-electron chi connectivity index (χ4n) is 2.53. The van der Waals surface area contributed by atoms with Crippen molar-refractivity contribution in [2.75, 3.05) is 20.3 Å². The van der Waals surface area contributed by atoms with Crippen LogP contribution in [0.2, 0.25) is 0 Å². The Balaban J connectivity index is 1.94. The van der Waals surface area contributed by atoms with Crippen LogP contribution < -0.4 is 0 Å². The zero-order valence-electron chi connectivity index (χ0n) is 13.3. The Morgan fingerprint density at radius 1 is 1.26 bits per heavy atom. The Morgan fingerprint density at radius 3 is 2.65 bits per heavy atom. The summed E-state index contributed by atoms with van der Waals surface area (Å²) >= 11 is 0. The molecule has 120 valence electrons. The number of rotatable bonds is 6. The van der Waals surface area contributed by atoms with Gasteiger partial charge in [-0.15, -0.1) is 0 Å². The van der Waals surface area contributed by atoms with E-state index in [0.29, 0.717) is 12.2 Å². The lowest BCUT2D eigenvalue weighted by atomic mass is 9.94. The number of esters is 1. The molecule has 1 aliphatic rings. The molecule has 23 heavy (non-hydrogen) atoms. The highest BCUT2D eigenvalue weighted by atomic mass is 16.6. The van der Waals surface area contributed by atoms with Crippen molar-refractivity contribution in [1.82, 2.24) is 0 Å². The van der Waals surface area contributed by atoms with Gasteiger partial charge in [-0.25, -0.2) is 4.79 Å². The van der Waals surface area contributed by atoms with Crippen LogP contribution in [0.25, 0.3) is 11.1 Å². The van der Waals surface area contributed by atoms with Gasteiger partial charge in [0.1, 0.15) is 6.10 Å². The SMILES string of the molecule is COC(=O)c1ccc(-c2ccccc2)c([C@@H](C)OC[C@H]2CO2)c1. The van der Waals surface area contributed by atoms with Crippen molar-refractivity contribution in [2.24, 2.45) is 0 Å². The van der Waals surface area contributed by atoms with E-state index >= 15 is 0 Å². The lowest BCUT2D eigenvalue weighted by Crippen LogP contribution is -2.09. The van der Waals surface area contributed by atoms with Crippen LogP contribution in [0.1, 0.15) is 28.9 Å². The first-order valence-electron chi connectivity index (χ1n) is 7.70. The molecule has 0 amide bonds. The van der Waals surface area contributed by atoms with Gasteiger partial charge in [0.05, 0.1) is 32.0 Å². The van der Waals surface area contributed by atoms with Crippen molar-refractivity contribution in [3.8, 4) is 11.1 Å². The Bertz CT molecular complexity index is 677. The normalized spacial score (nSPS) is 17.6. The van der Waals surface area contributed by atoms with Gasteiger partial charge in [0, 0.05) is 0 Å². The maximum Gasteiger partial charge on any atom is 0.337 e. The van der Waals surface area contributed by atoms with Crippen LogP contribution in [-0.4, -0.2) is 32.4 Å². The van der Waals surface area contributed by atoms with Crippen LogP contribution >= 0.6 is 0 Å². The Hall–Kier alpha value is -2.17. The number of methoxy groups -OCH3 is 1. The monoisotopic (exact) mass is 312 g/mol. The number of ether oxygens (including phenoxy) is 3. The molecule has 1 saturated heterocycles. The first kappa shape index (κ1) is 15.7. The molecule has 2 atom stereocenters. The van der Waals surface area contributed by atoms with E-state index in [1.54, 1.807) is 6.07 Å². The third-order valence-corrected chi connectivity index (χ3v) is 3.93. The smallest absolute Gasteiger partial charge is 0.337 e. The van der Waals surface area contributed by atoms with E-state index in [4.69, 9.17) is 14.2 Å². The maximum absolute atomic E-state index is 11.8. The summed E-state index contributed by atoms with van der Waals surface area (Å²) in [6, 6.07) is 15.7. The van der Waals surface area contributed by atoms with Gasteiger partial charge in [0.25, 0.3) is 0 Å². The molecular formula is C19H20O4. The summed E-state index contributed by atoms with van der Waals surface area (Å²) < 4.78 is 15.9. The van der Waals surface area contributed by atoms with Gasteiger partial charge in [0.15, 0.2) is 0 Å². The van der Waals surface area contributed by atoms with E-state index in [9.17, 15) is 4.79 Å². The van der Waals surface area contributed by atoms with Gasteiger partial charge >= 0.3 is 5.97 Å². The minimum atomic E-state index is -0.344. The highest BCUT2D eigenvalue weighted by Crippen LogP contribution is 2.31. The molecule has 0 aliphatic carbocycles. The van der Waals surface area contributed by atoms with Gasteiger partial charge in [-0.1, -0.05) is 36.4 Å². The topological polar surface area (TPSA) is 48.1 Å². The zero-order valence-corrected chi connectivity index (χ0v) is 13.3. The lowest BCUT2D eigenvalue weighted by Gasteiger charge is -2.18. The van der Waals surface area contributed by atoms with Crippen molar-refractivity contribution in [2.45, 2.75) is 19.1 Å². The molecule has 0 spiro atoms.